The number of anilines is 1. The molecule has 7 heteroatoms. The number of fused-ring (bicyclic) bond motifs is 1. The van der Waals surface area contributed by atoms with Crippen molar-refractivity contribution in [1.82, 2.24) is 10.3 Å². The number of benzene rings is 2. The highest BCUT2D eigenvalue weighted by Gasteiger charge is 2.12. The first-order valence-electron chi connectivity index (χ1n) is 9.37. The van der Waals surface area contributed by atoms with Gasteiger partial charge >= 0.3 is 0 Å². The van der Waals surface area contributed by atoms with Gasteiger partial charge in [0, 0.05) is 47.4 Å². The predicted molar refractivity (Wildman–Crippen MR) is 116 cm³/mol. The first-order valence-corrected chi connectivity index (χ1v) is 9.75. The van der Waals surface area contributed by atoms with Gasteiger partial charge in [-0.2, -0.15) is 0 Å². The van der Waals surface area contributed by atoms with Crippen LogP contribution in [-0.2, 0) is 11.2 Å². The lowest BCUT2D eigenvalue weighted by Gasteiger charge is -2.13. The van der Waals surface area contributed by atoms with E-state index < -0.39 is 0 Å². The summed E-state index contributed by atoms with van der Waals surface area (Å²) in [6.07, 6.45) is 2.63. The van der Waals surface area contributed by atoms with E-state index in [1.165, 1.54) is 0 Å². The molecule has 3 rings (SSSR count). The summed E-state index contributed by atoms with van der Waals surface area (Å²) in [5, 5.41) is 7.92. The second-order valence-corrected chi connectivity index (χ2v) is 6.87. The van der Waals surface area contributed by atoms with E-state index in [4.69, 9.17) is 21.1 Å². The fourth-order valence-corrected chi connectivity index (χ4v) is 3.34. The Morgan fingerprint density at radius 2 is 1.83 bits per heavy atom. The lowest BCUT2D eigenvalue weighted by molar-refractivity contribution is -0.120. The fraction of sp³-hybridized carbons (Fsp3) is 0.273. The Morgan fingerprint density at radius 3 is 2.55 bits per heavy atom. The maximum Gasteiger partial charge on any atom is 0.220 e. The molecule has 0 fully saturated rings. The number of aromatic nitrogens is 1. The number of nitrogens with zero attached hydrogens (tertiary/aromatic N) is 1. The van der Waals surface area contributed by atoms with Gasteiger partial charge < -0.3 is 20.1 Å². The number of carbonyl (C=O) groups excluding carboxylic acids is 1. The monoisotopic (exact) mass is 413 g/mol. The number of amides is 1. The minimum atomic E-state index is -0.0221. The number of methoxy groups -OCH3 is 2. The maximum atomic E-state index is 12.2. The third kappa shape index (κ3) is 5.29. The van der Waals surface area contributed by atoms with Crippen LogP contribution in [0.2, 0.25) is 5.02 Å². The number of hydrogen-bond donors (Lipinski definition) is 2. The molecule has 2 aromatic carbocycles. The summed E-state index contributed by atoms with van der Waals surface area (Å²) in [6, 6.07) is 13.1. The molecule has 0 unspecified atom stereocenters. The van der Waals surface area contributed by atoms with E-state index >= 15 is 0 Å². The maximum absolute atomic E-state index is 12.2. The van der Waals surface area contributed by atoms with Gasteiger partial charge in [0.1, 0.15) is 11.5 Å². The van der Waals surface area contributed by atoms with Crippen molar-refractivity contribution in [3.05, 3.63) is 59.2 Å². The van der Waals surface area contributed by atoms with Crippen LogP contribution in [0.25, 0.3) is 10.9 Å². The van der Waals surface area contributed by atoms with Crippen molar-refractivity contribution >= 4 is 34.1 Å². The molecule has 152 valence electrons. The zero-order valence-electron chi connectivity index (χ0n) is 16.5. The van der Waals surface area contributed by atoms with Crippen molar-refractivity contribution < 1.29 is 14.3 Å². The summed E-state index contributed by atoms with van der Waals surface area (Å²) in [5.41, 5.74) is 2.68. The molecule has 1 aromatic heterocycles. The molecule has 6 nitrogen and oxygen atoms in total. The Kier molecular flexibility index (Phi) is 7.14. The van der Waals surface area contributed by atoms with E-state index in [9.17, 15) is 4.79 Å². The van der Waals surface area contributed by atoms with Crippen molar-refractivity contribution in [2.75, 3.05) is 32.6 Å². The Balaban J connectivity index is 1.49. The molecule has 1 heterocycles. The molecule has 1 amide bonds. The molecule has 0 aliphatic carbocycles. The zero-order valence-corrected chi connectivity index (χ0v) is 17.3. The summed E-state index contributed by atoms with van der Waals surface area (Å²) in [6.45, 7) is 1.12. The Hall–Kier alpha value is -2.99. The number of halogens is 1. The molecule has 0 spiro atoms. The lowest BCUT2D eigenvalue weighted by Crippen LogP contribution is -2.29. The molecule has 2 N–H and O–H groups in total. The van der Waals surface area contributed by atoms with Crippen LogP contribution in [0.3, 0.4) is 0 Å². The highest BCUT2D eigenvalue weighted by atomic mass is 35.5. The van der Waals surface area contributed by atoms with E-state index in [-0.39, 0.29) is 5.91 Å². The Morgan fingerprint density at radius 1 is 1.07 bits per heavy atom. The van der Waals surface area contributed by atoms with Crippen LogP contribution in [0.1, 0.15) is 12.0 Å². The summed E-state index contributed by atoms with van der Waals surface area (Å²) in [5.74, 6) is 1.43. The molecule has 0 bridgehead atoms. The molecular weight excluding hydrogens is 390 g/mol. The van der Waals surface area contributed by atoms with Crippen molar-refractivity contribution in [1.29, 1.82) is 0 Å². The molecule has 0 saturated heterocycles. The summed E-state index contributed by atoms with van der Waals surface area (Å²) in [4.78, 5) is 16.6. The molecule has 3 aromatic rings. The molecule has 29 heavy (non-hydrogen) atoms. The average Bonchev–Trinajstić information content (AvgIpc) is 2.74. The first kappa shape index (κ1) is 20.7. The number of pyridine rings is 1. The van der Waals surface area contributed by atoms with E-state index in [1.807, 2.05) is 42.5 Å². The highest BCUT2D eigenvalue weighted by molar-refractivity contribution is 6.31. The average molecular weight is 414 g/mol. The summed E-state index contributed by atoms with van der Waals surface area (Å²) in [7, 11) is 3.22. The molecule has 0 aliphatic heterocycles. The minimum absolute atomic E-state index is 0.0221. The standard InChI is InChI=1S/C22H24ClN3O3/c1-28-20-4-3-5-21(29-2)17(20)8-9-22(27)26-13-12-25-18-10-11-24-19-14-15(23)6-7-16(18)19/h3-7,10-11,14H,8-9,12-13H2,1-2H3,(H,24,25)(H,26,27). The Bertz CT molecular complexity index is 972. The van der Waals surface area contributed by atoms with Gasteiger partial charge in [-0.15, -0.1) is 0 Å². The van der Waals surface area contributed by atoms with Crippen LogP contribution in [0.15, 0.2) is 48.7 Å². The van der Waals surface area contributed by atoms with Gasteiger partial charge in [0.15, 0.2) is 0 Å². The number of nitrogens with one attached hydrogen (secondary N) is 2. The van der Waals surface area contributed by atoms with Crippen molar-refractivity contribution in [2.45, 2.75) is 12.8 Å². The van der Waals surface area contributed by atoms with Crippen LogP contribution < -0.4 is 20.1 Å². The largest absolute Gasteiger partial charge is 0.496 e. The molecular formula is C22H24ClN3O3. The van der Waals surface area contributed by atoms with E-state index in [0.29, 0.717) is 31.0 Å². The van der Waals surface area contributed by atoms with Crippen molar-refractivity contribution in [2.24, 2.45) is 0 Å². The lowest BCUT2D eigenvalue weighted by atomic mass is 10.1. The number of hydrogen-bond acceptors (Lipinski definition) is 5. The van der Waals surface area contributed by atoms with Crippen LogP contribution >= 0.6 is 11.6 Å². The summed E-state index contributed by atoms with van der Waals surface area (Å²) < 4.78 is 10.8. The molecule has 0 atom stereocenters. The van der Waals surface area contributed by atoms with Gasteiger partial charge in [0.2, 0.25) is 5.91 Å². The fourth-order valence-electron chi connectivity index (χ4n) is 3.18. The normalized spacial score (nSPS) is 10.6. The van der Waals surface area contributed by atoms with E-state index in [1.54, 1.807) is 20.4 Å². The molecule has 0 radical (unpaired) electrons. The highest BCUT2D eigenvalue weighted by Crippen LogP contribution is 2.29. The van der Waals surface area contributed by atoms with Gasteiger partial charge in [-0.1, -0.05) is 17.7 Å². The SMILES string of the molecule is COc1cccc(OC)c1CCC(=O)NCCNc1ccnc2cc(Cl)ccc12. The Labute approximate surface area is 175 Å². The smallest absolute Gasteiger partial charge is 0.220 e. The predicted octanol–water partition coefficient (Wildman–Crippen LogP) is 4.07. The van der Waals surface area contributed by atoms with Gasteiger partial charge in [0.05, 0.1) is 19.7 Å². The number of ether oxygens (including phenoxy) is 2. The van der Waals surface area contributed by atoms with Crippen LogP contribution in [0.4, 0.5) is 5.69 Å². The van der Waals surface area contributed by atoms with Crippen molar-refractivity contribution in [3.8, 4) is 11.5 Å². The third-order valence-corrected chi connectivity index (χ3v) is 4.83. The van der Waals surface area contributed by atoms with E-state index in [0.717, 1.165) is 33.7 Å². The second kappa shape index (κ2) is 9.98. The van der Waals surface area contributed by atoms with Gasteiger partial charge in [-0.05, 0) is 42.8 Å². The van der Waals surface area contributed by atoms with Crippen LogP contribution in [0.5, 0.6) is 11.5 Å². The third-order valence-electron chi connectivity index (χ3n) is 4.60. The minimum Gasteiger partial charge on any atom is -0.496 e. The quantitative estimate of drug-likeness (QED) is 0.517. The van der Waals surface area contributed by atoms with E-state index in [2.05, 4.69) is 15.6 Å². The molecule has 0 saturated carbocycles. The first-order chi connectivity index (χ1) is 14.1. The van der Waals surface area contributed by atoms with Gasteiger partial charge in [-0.25, -0.2) is 0 Å². The zero-order chi connectivity index (χ0) is 20.6. The second-order valence-electron chi connectivity index (χ2n) is 6.44. The number of rotatable bonds is 9. The van der Waals surface area contributed by atoms with Crippen LogP contribution in [0, 0.1) is 0 Å². The molecule has 0 aliphatic rings. The number of carbonyl (C=O) groups is 1. The van der Waals surface area contributed by atoms with Crippen molar-refractivity contribution in [3.63, 3.8) is 0 Å². The topological polar surface area (TPSA) is 72.5 Å². The van der Waals surface area contributed by atoms with Crippen LogP contribution in [-0.4, -0.2) is 38.2 Å². The van der Waals surface area contributed by atoms with Gasteiger partial charge in [0.25, 0.3) is 0 Å². The van der Waals surface area contributed by atoms with Gasteiger partial charge in [-0.3, -0.25) is 9.78 Å². The summed E-state index contributed by atoms with van der Waals surface area (Å²) >= 11 is 6.02.